The number of carbonyl (C=O) groups excluding carboxylic acids is 3. The van der Waals surface area contributed by atoms with Gasteiger partial charge in [0.15, 0.2) is 12.0 Å². The Bertz CT molecular complexity index is 2880. The minimum Gasteiger partial charge on any atom is -0.390 e. The molecule has 6 heterocycles. The van der Waals surface area contributed by atoms with Gasteiger partial charge < -0.3 is 26.4 Å². The number of nitrogen functional groups attached to an aromatic ring is 2. The van der Waals surface area contributed by atoms with Crippen LogP contribution >= 0.6 is 0 Å². The Hall–Kier alpha value is -7.99. The number of aromatic amines is 2. The molecule has 58 heavy (non-hydrogen) atoms. The van der Waals surface area contributed by atoms with Crippen molar-refractivity contribution in [1.29, 1.82) is 0 Å². The highest BCUT2D eigenvalue weighted by molar-refractivity contribution is 6.07. The van der Waals surface area contributed by atoms with Crippen LogP contribution in [0, 0.1) is 0 Å². The van der Waals surface area contributed by atoms with Crippen molar-refractivity contribution in [1.82, 2.24) is 60.6 Å². The van der Waals surface area contributed by atoms with Crippen molar-refractivity contribution in [2.45, 2.75) is 32.8 Å². The van der Waals surface area contributed by atoms with Gasteiger partial charge in [0, 0.05) is 48.1 Å². The van der Waals surface area contributed by atoms with Crippen molar-refractivity contribution in [2.75, 3.05) is 11.5 Å². The van der Waals surface area contributed by atoms with Gasteiger partial charge in [-0.15, -0.1) is 0 Å². The van der Waals surface area contributed by atoms with Gasteiger partial charge in [-0.1, -0.05) is 60.7 Å². The maximum absolute atomic E-state index is 13.3. The summed E-state index contributed by atoms with van der Waals surface area (Å²) in [7, 11) is 0. The maximum Gasteiger partial charge on any atom is 0.273 e. The van der Waals surface area contributed by atoms with E-state index in [9.17, 15) is 19.5 Å². The molecule has 4 aromatic carbocycles. The summed E-state index contributed by atoms with van der Waals surface area (Å²) >= 11 is 0. The van der Waals surface area contributed by atoms with E-state index in [0.717, 1.165) is 22.3 Å². The number of aliphatic hydroxyl groups excluding tert-OH is 1. The highest BCUT2D eigenvalue weighted by Gasteiger charge is 2.29. The molecule has 0 radical (unpaired) electrons. The fraction of sp³-hybridized carbons (Fsp3) is 0.125. The summed E-state index contributed by atoms with van der Waals surface area (Å²) in [6, 6.07) is 26.5. The molecule has 4 aromatic heterocycles. The lowest BCUT2D eigenvalue weighted by Crippen LogP contribution is -2.27. The lowest BCUT2D eigenvalue weighted by atomic mass is 10.1. The summed E-state index contributed by atoms with van der Waals surface area (Å²) in [5.41, 5.74) is 20.6. The molecular formula is C40H32N14O4. The molecule has 10 rings (SSSR count). The Morgan fingerprint density at radius 3 is 1.53 bits per heavy atom. The van der Waals surface area contributed by atoms with Crippen molar-refractivity contribution in [3.05, 3.63) is 130 Å². The molecule has 0 fully saturated rings. The number of amides is 2. The minimum atomic E-state index is -0.250. The number of nitrogens with one attached hydrogen (secondary N) is 2. The van der Waals surface area contributed by atoms with Gasteiger partial charge in [-0.3, -0.25) is 14.4 Å². The van der Waals surface area contributed by atoms with E-state index in [1.54, 1.807) is 46.2 Å². The number of nitrogens with two attached hydrogens (primary N) is 2. The second kappa shape index (κ2) is 14.6. The van der Waals surface area contributed by atoms with Gasteiger partial charge in [0.2, 0.25) is 11.9 Å². The van der Waals surface area contributed by atoms with Crippen LogP contribution in [-0.2, 0) is 32.8 Å². The largest absolute Gasteiger partial charge is 0.390 e. The molecule has 8 aromatic rings. The average molecular weight is 773 g/mol. The van der Waals surface area contributed by atoms with Gasteiger partial charge in [0.05, 0.1) is 17.6 Å². The van der Waals surface area contributed by atoms with E-state index in [-0.39, 0.29) is 47.4 Å². The van der Waals surface area contributed by atoms with Crippen LogP contribution in [-0.4, -0.2) is 83.8 Å². The quantitative estimate of drug-likeness (QED) is 0.151. The van der Waals surface area contributed by atoms with Crippen LogP contribution < -0.4 is 11.5 Å². The molecule has 0 unspecified atom stereocenters. The number of H-pyrrole nitrogens is 2. The standard InChI is InChI=1S/C20H17N7O2.C20H15N7O2/c2*21-20-22-15-6-5-11(17-16(10-28)24-26-25-17)7-14(15)18(23-20)19(29)27-8-12-3-1-2-4-13(12)9-27/h1-7,28H,8-10H2,(H2,21,22,23)(H,24,25,26);1-7,10H,8-9H2,(H2,21,22,23)(H,24,25,26). The summed E-state index contributed by atoms with van der Waals surface area (Å²) in [4.78, 5) is 58.3. The van der Waals surface area contributed by atoms with Crippen molar-refractivity contribution in [2.24, 2.45) is 0 Å². The number of aldehydes is 1. The first-order valence-corrected chi connectivity index (χ1v) is 18.0. The van der Waals surface area contributed by atoms with Gasteiger partial charge >= 0.3 is 0 Å². The third kappa shape index (κ3) is 6.47. The molecule has 0 aliphatic carbocycles. The normalized spacial score (nSPS) is 13.0. The van der Waals surface area contributed by atoms with Gasteiger partial charge in [-0.25, -0.2) is 19.9 Å². The second-order valence-corrected chi connectivity index (χ2v) is 13.6. The molecule has 0 spiro atoms. The smallest absolute Gasteiger partial charge is 0.273 e. The van der Waals surface area contributed by atoms with Gasteiger partial charge in [-0.2, -0.15) is 30.8 Å². The Morgan fingerprint density at radius 1 is 0.621 bits per heavy atom. The Balaban J connectivity index is 0.000000150. The molecule has 286 valence electrons. The fourth-order valence-electron chi connectivity index (χ4n) is 7.29. The molecule has 0 saturated heterocycles. The van der Waals surface area contributed by atoms with Crippen LogP contribution in [0.5, 0.6) is 0 Å². The van der Waals surface area contributed by atoms with Gasteiger partial charge in [0.1, 0.15) is 28.5 Å². The predicted molar refractivity (Wildman–Crippen MR) is 210 cm³/mol. The number of carbonyl (C=O) groups is 3. The zero-order valence-corrected chi connectivity index (χ0v) is 30.5. The minimum absolute atomic E-state index is 0.0281. The molecule has 2 amide bonds. The first-order valence-electron chi connectivity index (χ1n) is 18.0. The first kappa shape index (κ1) is 35.7. The fourth-order valence-corrected chi connectivity index (χ4v) is 7.29. The first-order chi connectivity index (χ1) is 28.3. The van der Waals surface area contributed by atoms with E-state index >= 15 is 0 Å². The second-order valence-electron chi connectivity index (χ2n) is 13.6. The van der Waals surface area contributed by atoms with Crippen molar-refractivity contribution in [3.63, 3.8) is 0 Å². The van der Waals surface area contributed by atoms with E-state index in [2.05, 4.69) is 50.8 Å². The number of hydrogen-bond donors (Lipinski definition) is 5. The molecule has 2 aliphatic heterocycles. The SMILES string of the molecule is Nc1nc(C(=O)N2Cc3ccccc3C2)c2cc(-c3n[nH]nc3C=O)ccc2n1.Nc1nc(C(=O)N2Cc3ccccc3C2)c2cc(-c3n[nH]nc3CO)ccc2n1. The molecule has 0 atom stereocenters. The third-order valence-corrected chi connectivity index (χ3v) is 10.1. The molecule has 2 aliphatic rings. The van der Waals surface area contributed by atoms with Crippen molar-refractivity contribution >= 4 is 51.8 Å². The van der Waals surface area contributed by atoms with Crippen LogP contribution in [0.1, 0.15) is 59.4 Å². The van der Waals surface area contributed by atoms with Gasteiger partial charge in [-0.05, 0) is 46.5 Å². The average Bonchev–Trinajstić information content (AvgIpc) is 4.08. The summed E-state index contributed by atoms with van der Waals surface area (Å²) in [6.45, 7) is 1.83. The zero-order valence-electron chi connectivity index (χ0n) is 30.5. The van der Waals surface area contributed by atoms with Crippen LogP contribution in [0.3, 0.4) is 0 Å². The van der Waals surface area contributed by atoms with Crippen molar-refractivity contribution < 1.29 is 19.5 Å². The number of rotatable bonds is 6. The molecule has 7 N–H and O–H groups in total. The molecule has 18 heteroatoms. The number of fused-ring (bicyclic) bond motifs is 4. The Labute approximate surface area is 328 Å². The summed E-state index contributed by atoms with van der Waals surface area (Å²) in [5.74, 6) is -0.365. The molecular weight excluding hydrogens is 741 g/mol. The van der Waals surface area contributed by atoms with E-state index in [1.807, 2.05) is 48.5 Å². The van der Waals surface area contributed by atoms with Crippen LogP contribution in [0.15, 0.2) is 84.9 Å². The number of hydrogen-bond acceptors (Lipinski definition) is 14. The van der Waals surface area contributed by atoms with Crippen LogP contribution in [0.4, 0.5) is 11.9 Å². The van der Waals surface area contributed by atoms with E-state index in [1.165, 1.54) is 0 Å². The number of aliphatic hydroxyl groups is 1. The number of nitrogens with zero attached hydrogens (tertiary/aromatic N) is 10. The van der Waals surface area contributed by atoms with E-state index in [4.69, 9.17) is 11.5 Å². The highest BCUT2D eigenvalue weighted by Crippen LogP contribution is 2.31. The number of benzene rings is 4. The van der Waals surface area contributed by atoms with Gasteiger partial charge in [0.25, 0.3) is 11.8 Å². The van der Waals surface area contributed by atoms with Crippen LogP contribution in [0.2, 0.25) is 0 Å². The third-order valence-electron chi connectivity index (χ3n) is 10.1. The molecule has 0 saturated carbocycles. The van der Waals surface area contributed by atoms with E-state index in [0.29, 0.717) is 82.5 Å². The summed E-state index contributed by atoms with van der Waals surface area (Å²) in [6.07, 6.45) is 0.621. The number of aromatic nitrogens is 10. The lowest BCUT2D eigenvalue weighted by Gasteiger charge is -2.16. The molecule has 0 bridgehead atoms. The maximum atomic E-state index is 13.3. The van der Waals surface area contributed by atoms with Crippen molar-refractivity contribution in [3.8, 4) is 22.5 Å². The molecule has 18 nitrogen and oxygen atoms in total. The topological polar surface area (TPSA) is 265 Å². The summed E-state index contributed by atoms with van der Waals surface area (Å²) in [5, 5.41) is 31.4. The predicted octanol–water partition coefficient (Wildman–Crippen LogP) is 3.61. The zero-order chi connectivity index (χ0) is 39.9. The number of anilines is 2. The van der Waals surface area contributed by atoms with Crippen LogP contribution in [0.25, 0.3) is 44.3 Å². The Morgan fingerprint density at radius 2 is 1.07 bits per heavy atom. The van der Waals surface area contributed by atoms with E-state index < -0.39 is 0 Å². The summed E-state index contributed by atoms with van der Waals surface area (Å²) < 4.78 is 0. The Kier molecular flexibility index (Phi) is 8.98. The highest BCUT2D eigenvalue weighted by atomic mass is 16.3. The monoisotopic (exact) mass is 772 g/mol. The lowest BCUT2D eigenvalue weighted by molar-refractivity contribution is 0.0741.